The van der Waals surface area contributed by atoms with Crippen LogP contribution >= 0.6 is 11.3 Å². The smallest absolute Gasteiger partial charge is 0.263 e. The summed E-state index contributed by atoms with van der Waals surface area (Å²) < 4.78 is 48.0. The molecule has 0 bridgehead atoms. The topological polar surface area (TPSA) is 190 Å². The highest BCUT2D eigenvalue weighted by molar-refractivity contribution is 7.91. The Morgan fingerprint density at radius 2 is 1.94 bits per heavy atom. The zero-order valence-corrected chi connectivity index (χ0v) is 32.0. The maximum Gasteiger partial charge on any atom is 0.263 e. The molecule has 2 aliphatic heterocycles. The third-order valence-electron chi connectivity index (χ3n) is 11.0. The Balaban J connectivity index is 1.21. The van der Waals surface area contributed by atoms with Crippen LogP contribution in [0, 0.1) is 18.7 Å². The number of carbonyl (C=O) groups is 4. The largest absolute Gasteiger partial charge is 0.471 e. The van der Waals surface area contributed by atoms with Crippen molar-refractivity contribution in [3.05, 3.63) is 57.9 Å². The molecule has 288 valence electrons. The Hall–Kier alpha value is -4.51. The number of rotatable bonds is 8. The van der Waals surface area contributed by atoms with Gasteiger partial charge in [0.25, 0.3) is 11.8 Å². The number of hydrogen-bond acceptors (Lipinski definition) is 11. The van der Waals surface area contributed by atoms with E-state index in [1.165, 1.54) is 23.1 Å². The zero-order chi connectivity index (χ0) is 38.4. The molecule has 2 saturated carbocycles. The van der Waals surface area contributed by atoms with Crippen molar-refractivity contribution in [1.82, 2.24) is 35.2 Å². The van der Waals surface area contributed by atoms with E-state index >= 15 is 0 Å². The van der Waals surface area contributed by atoms with Crippen LogP contribution in [0.5, 0.6) is 5.88 Å². The predicted octanol–water partition coefficient (Wildman–Crippen LogP) is 3.64. The number of carbonyl (C=O) groups excluding carboxylic acids is 4. The lowest BCUT2D eigenvalue weighted by molar-refractivity contribution is -0.141. The molecular weight excluding hydrogens is 738 g/mol. The summed E-state index contributed by atoms with van der Waals surface area (Å²) in [5.41, 5.74) is 1.82. The average molecular weight is 782 g/mol. The fourth-order valence-electron chi connectivity index (χ4n) is 7.22. The Kier molecular flexibility index (Phi) is 10.2. The van der Waals surface area contributed by atoms with Gasteiger partial charge >= 0.3 is 0 Å². The number of allylic oxidation sites excluding steroid dienone is 1. The van der Waals surface area contributed by atoms with Gasteiger partial charge in [0, 0.05) is 18.4 Å². The molecule has 2 aromatic heterocycles. The van der Waals surface area contributed by atoms with E-state index in [0.717, 1.165) is 24.2 Å². The standard InChI is InChI=1S/C37H44FN7O7S2/c1-4-25-33(42-28-16-23(38)12-13-26(28)40-25)52-24-17-29-31(46)43-37(35(49)44-54(50,51)36(3)14-15-36)18-22(37)10-8-6-5-7-9-11-27(34(48)45(29)19-24)41-32(47)30-21(2)39-20-53-30/h8,10,12-13,16,20,22,24,27,29H,4-7,9,11,14-15,17-19H2,1-3H3,(H,41,47)(H,43,46)(H,44,49)/b10-8-/t22-,24-,27+,29+,37-/m1/s1. The molecule has 1 aromatic carbocycles. The van der Waals surface area contributed by atoms with Crippen LogP contribution in [0.3, 0.4) is 0 Å². The van der Waals surface area contributed by atoms with Gasteiger partial charge in [0.2, 0.25) is 27.7 Å². The number of sulfonamides is 1. The van der Waals surface area contributed by atoms with E-state index in [4.69, 9.17) is 4.74 Å². The van der Waals surface area contributed by atoms with Crippen LogP contribution in [-0.4, -0.2) is 86.9 Å². The van der Waals surface area contributed by atoms with Gasteiger partial charge in [-0.05, 0) is 70.9 Å². The van der Waals surface area contributed by atoms with Gasteiger partial charge < -0.3 is 20.3 Å². The van der Waals surface area contributed by atoms with Gasteiger partial charge in [-0.15, -0.1) is 11.3 Å². The molecule has 3 aromatic rings. The maximum absolute atomic E-state index is 14.6. The molecule has 17 heteroatoms. The summed E-state index contributed by atoms with van der Waals surface area (Å²) in [6, 6.07) is 1.93. The summed E-state index contributed by atoms with van der Waals surface area (Å²) in [6.07, 6.45) is 7.63. The number of amides is 4. The highest BCUT2D eigenvalue weighted by Crippen LogP contribution is 2.47. The second-order valence-corrected chi connectivity index (χ2v) is 18.0. The van der Waals surface area contributed by atoms with Crippen molar-refractivity contribution in [1.29, 1.82) is 0 Å². The van der Waals surface area contributed by atoms with Gasteiger partial charge in [0.05, 0.1) is 33.5 Å². The van der Waals surface area contributed by atoms with Gasteiger partial charge in [-0.3, -0.25) is 23.9 Å². The van der Waals surface area contributed by atoms with Crippen LogP contribution in [0.2, 0.25) is 0 Å². The van der Waals surface area contributed by atoms with Crippen molar-refractivity contribution in [3.63, 3.8) is 0 Å². The van der Waals surface area contributed by atoms with E-state index in [1.807, 2.05) is 19.1 Å². The van der Waals surface area contributed by atoms with Crippen molar-refractivity contribution in [3.8, 4) is 5.88 Å². The lowest BCUT2D eigenvalue weighted by atomic mass is 10.0. The van der Waals surface area contributed by atoms with Crippen LogP contribution < -0.4 is 20.1 Å². The third kappa shape index (κ3) is 7.44. The minimum absolute atomic E-state index is 0.00715. The van der Waals surface area contributed by atoms with Gasteiger partial charge in [-0.2, -0.15) is 0 Å². The number of nitrogens with zero attached hydrogens (tertiary/aromatic N) is 4. The summed E-state index contributed by atoms with van der Waals surface area (Å²) in [5.74, 6) is -3.23. The van der Waals surface area contributed by atoms with Gasteiger partial charge in [0.15, 0.2) is 0 Å². The molecule has 5 atom stereocenters. The Morgan fingerprint density at radius 3 is 2.67 bits per heavy atom. The van der Waals surface area contributed by atoms with E-state index in [-0.39, 0.29) is 30.8 Å². The predicted molar refractivity (Wildman–Crippen MR) is 197 cm³/mol. The molecule has 0 radical (unpaired) electrons. The fraction of sp³-hybridized carbons (Fsp3) is 0.541. The number of benzene rings is 1. The van der Waals surface area contributed by atoms with Crippen LogP contribution in [0.4, 0.5) is 4.39 Å². The Bertz CT molecular complexity index is 2140. The highest BCUT2D eigenvalue weighted by Gasteiger charge is 2.63. The first-order valence-corrected chi connectivity index (χ1v) is 20.8. The summed E-state index contributed by atoms with van der Waals surface area (Å²) in [6.45, 7) is 5.09. The molecule has 4 amide bonds. The van der Waals surface area contributed by atoms with Gasteiger partial charge in [-0.1, -0.05) is 31.9 Å². The normalized spacial score (nSPS) is 27.4. The number of aryl methyl sites for hydroxylation is 2. The molecule has 4 heterocycles. The first-order chi connectivity index (χ1) is 25.7. The molecule has 14 nitrogen and oxygen atoms in total. The number of ether oxygens (including phenoxy) is 1. The van der Waals surface area contributed by atoms with E-state index in [9.17, 15) is 32.0 Å². The summed E-state index contributed by atoms with van der Waals surface area (Å²) in [4.78, 5) is 71.3. The molecule has 0 unspecified atom stereocenters. The fourth-order valence-corrected chi connectivity index (χ4v) is 9.24. The van der Waals surface area contributed by atoms with Crippen LogP contribution in [0.1, 0.15) is 92.7 Å². The van der Waals surface area contributed by atoms with Crippen molar-refractivity contribution in [2.75, 3.05) is 6.54 Å². The highest BCUT2D eigenvalue weighted by atomic mass is 32.2. The van der Waals surface area contributed by atoms with E-state index in [2.05, 4.69) is 30.3 Å². The number of thiazole rings is 1. The zero-order valence-electron chi connectivity index (χ0n) is 30.4. The molecule has 1 saturated heterocycles. The average Bonchev–Trinajstić information content (AvgIpc) is 3.93. The van der Waals surface area contributed by atoms with E-state index in [1.54, 1.807) is 19.4 Å². The molecule has 3 N–H and O–H groups in total. The third-order valence-corrected chi connectivity index (χ3v) is 14.1. The number of aromatic nitrogens is 3. The van der Waals surface area contributed by atoms with Crippen molar-refractivity contribution < 1.29 is 36.7 Å². The van der Waals surface area contributed by atoms with Gasteiger partial charge in [0.1, 0.15) is 40.1 Å². The Labute approximate surface area is 316 Å². The minimum atomic E-state index is -4.00. The molecular formula is C37H44FN7O7S2. The summed E-state index contributed by atoms with van der Waals surface area (Å²) >= 11 is 1.16. The molecule has 3 fully saturated rings. The van der Waals surface area contributed by atoms with Crippen LogP contribution in [0.15, 0.2) is 35.9 Å². The number of fused-ring (bicyclic) bond motifs is 3. The first kappa shape index (κ1) is 37.8. The molecule has 7 rings (SSSR count). The quantitative estimate of drug-likeness (QED) is 0.285. The van der Waals surface area contributed by atoms with Crippen molar-refractivity contribution in [2.45, 2.75) is 113 Å². The maximum atomic E-state index is 14.6. The molecule has 0 spiro atoms. The first-order valence-electron chi connectivity index (χ1n) is 18.4. The molecule has 2 aliphatic carbocycles. The number of halogens is 1. The van der Waals surface area contributed by atoms with Crippen LogP contribution in [0.25, 0.3) is 11.0 Å². The minimum Gasteiger partial charge on any atom is -0.471 e. The summed E-state index contributed by atoms with van der Waals surface area (Å²) in [5, 5.41) is 5.76. The molecule has 4 aliphatic rings. The van der Waals surface area contributed by atoms with Crippen molar-refractivity contribution in [2.24, 2.45) is 5.92 Å². The molecule has 54 heavy (non-hydrogen) atoms. The number of hydrogen-bond donors (Lipinski definition) is 3. The Morgan fingerprint density at radius 1 is 1.15 bits per heavy atom. The van der Waals surface area contributed by atoms with E-state index < -0.39 is 73.9 Å². The lowest BCUT2D eigenvalue weighted by Crippen LogP contribution is -2.58. The second-order valence-electron chi connectivity index (χ2n) is 15.0. The van der Waals surface area contributed by atoms with Gasteiger partial charge in [-0.25, -0.2) is 27.8 Å². The second kappa shape index (κ2) is 14.6. The SMILES string of the molecule is CCc1nc2ccc(F)cc2nc1O[C@@H]1C[C@H]2C(=O)N[C@]3(C(=O)NS(=O)(=O)C4(C)CC4)C[C@H]3/C=C\CCCCC[C@H](NC(=O)c3scnc3C)C(=O)N2C1. The summed E-state index contributed by atoms with van der Waals surface area (Å²) in [7, 11) is -4.00. The van der Waals surface area contributed by atoms with Crippen molar-refractivity contribution >= 4 is 56.0 Å². The number of nitrogens with one attached hydrogen (secondary N) is 3. The monoisotopic (exact) mass is 781 g/mol. The lowest BCUT2D eigenvalue weighted by Gasteiger charge is -2.30. The van der Waals surface area contributed by atoms with Crippen LogP contribution in [-0.2, 0) is 30.8 Å². The van der Waals surface area contributed by atoms with E-state index in [0.29, 0.717) is 60.3 Å².